The van der Waals surface area contributed by atoms with Crippen molar-refractivity contribution in [3.63, 3.8) is 0 Å². The number of rotatable bonds is 7. The van der Waals surface area contributed by atoms with Gasteiger partial charge >= 0.3 is 17.9 Å². The average molecular weight is 286 g/mol. The molecular formula is C14H22O6. The maximum Gasteiger partial charge on any atom is 0.335 e. The van der Waals surface area contributed by atoms with E-state index in [0.717, 1.165) is 0 Å². The number of carbonyl (C=O) groups excluding carboxylic acids is 3. The Bertz CT molecular complexity index is 378. The lowest BCUT2D eigenvalue weighted by molar-refractivity contribution is -0.167. The SMILES string of the molecule is C=C(C)C(=O)OCOC(=O)CC(=O)OCCC(C)(C)C. The van der Waals surface area contributed by atoms with Gasteiger partial charge in [0.25, 0.3) is 0 Å². The molecule has 0 amide bonds. The molecule has 0 radical (unpaired) electrons. The smallest absolute Gasteiger partial charge is 0.335 e. The van der Waals surface area contributed by atoms with Crippen LogP contribution in [0.5, 0.6) is 0 Å². The van der Waals surface area contributed by atoms with Crippen molar-refractivity contribution >= 4 is 17.9 Å². The topological polar surface area (TPSA) is 78.9 Å². The van der Waals surface area contributed by atoms with E-state index in [9.17, 15) is 14.4 Å². The molecule has 0 aromatic carbocycles. The van der Waals surface area contributed by atoms with Crippen LogP contribution in [0.25, 0.3) is 0 Å². The summed E-state index contributed by atoms with van der Waals surface area (Å²) in [6, 6.07) is 0. The van der Waals surface area contributed by atoms with Crippen LogP contribution in [0.15, 0.2) is 12.2 Å². The number of esters is 3. The lowest BCUT2D eigenvalue weighted by atomic mass is 9.93. The average Bonchev–Trinajstić information content (AvgIpc) is 2.26. The molecule has 0 fully saturated rings. The molecule has 0 spiro atoms. The summed E-state index contributed by atoms with van der Waals surface area (Å²) in [5.74, 6) is -2.13. The Morgan fingerprint density at radius 3 is 2.05 bits per heavy atom. The van der Waals surface area contributed by atoms with Crippen LogP contribution in [0.2, 0.25) is 0 Å². The molecule has 0 heterocycles. The van der Waals surface area contributed by atoms with Gasteiger partial charge in [0, 0.05) is 5.57 Å². The number of hydrogen-bond acceptors (Lipinski definition) is 6. The van der Waals surface area contributed by atoms with Crippen molar-refractivity contribution in [2.24, 2.45) is 5.41 Å². The molecular weight excluding hydrogens is 264 g/mol. The molecule has 114 valence electrons. The molecule has 0 aliphatic heterocycles. The Hall–Kier alpha value is -1.85. The van der Waals surface area contributed by atoms with Crippen LogP contribution >= 0.6 is 0 Å². The van der Waals surface area contributed by atoms with Crippen LogP contribution in [0.1, 0.15) is 40.5 Å². The van der Waals surface area contributed by atoms with E-state index in [0.29, 0.717) is 6.42 Å². The van der Waals surface area contributed by atoms with Crippen LogP contribution < -0.4 is 0 Å². The van der Waals surface area contributed by atoms with Gasteiger partial charge in [-0.2, -0.15) is 0 Å². The Morgan fingerprint density at radius 2 is 1.55 bits per heavy atom. The van der Waals surface area contributed by atoms with Crippen LogP contribution in [0.4, 0.5) is 0 Å². The standard InChI is InChI=1S/C14H22O6/c1-10(2)13(17)20-9-19-12(16)8-11(15)18-7-6-14(3,4)5/h1,6-9H2,2-5H3. The zero-order valence-electron chi connectivity index (χ0n) is 12.5. The van der Waals surface area contributed by atoms with Crippen LogP contribution in [0, 0.1) is 5.41 Å². The normalized spacial score (nSPS) is 10.6. The third-order valence-electron chi connectivity index (χ3n) is 2.16. The zero-order chi connectivity index (χ0) is 15.8. The molecule has 20 heavy (non-hydrogen) atoms. The lowest BCUT2D eigenvalue weighted by Gasteiger charge is -2.17. The Balaban J connectivity index is 3.78. The minimum absolute atomic E-state index is 0.0531. The minimum atomic E-state index is -0.805. The first-order chi connectivity index (χ1) is 9.11. The van der Waals surface area contributed by atoms with Gasteiger partial charge in [-0.15, -0.1) is 0 Å². The van der Waals surface area contributed by atoms with Crippen LogP contribution in [-0.4, -0.2) is 31.3 Å². The highest BCUT2D eigenvalue weighted by Crippen LogP contribution is 2.17. The van der Waals surface area contributed by atoms with Gasteiger partial charge in [-0.05, 0) is 18.8 Å². The van der Waals surface area contributed by atoms with Crippen molar-refractivity contribution in [1.29, 1.82) is 0 Å². The molecule has 0 aliphatic rings. The number of ether oxygens (including phenoxy) is 3. The maximum absolute atomic E-state index is 11.3. The van der Waals surface area contributed by atoms with E-state index < -0.39 is 31.1 Å². The summed E-state index contributed by atoms with van der Waals surface area (Å²) < 4.78 is 14.0. The first-order valence-electron chi connectivity index (χ1n) is 6.25. The molecule has 0 bridgehead atoms. The van der Waals surface area contributed by atoms with Crippen molar-refractivity contribution in [3.05, 3.63) is 12.2 Å². The summed E-state index contributed by atoms with van der Waals surface area (Å²) in [5.41, 5.74) is 0.250. The van der Waals surface area contributed by atoms with E-state index in [4.69, 9.17) is 4.74 Å². The number of hydrogen-bond donors (Lipinski definition) is 0. The van der Waals surface area contributed by atoms with E-state index in [1.54, 1.807) is 0 Å². The van der Waals surface area contributed by atoms with Gasteiger partial charge in [-0.1, -0.05) is 27.4 Å². The number of carbonyl (C=O) groups is 3. The van der Waals surface area contributed by atoms with Crippen molar-refractivity contribution in [1.82, 2.24) is 0 Å². The zero-order valence-corrected chi connectivity index (χ0v) is 12.5. The molecule has 0 aromatic rings. The highest BCUT2D eigenvalue weighted by atomic mass is 16.7. The van der Waals surface area contributed by atoms with E-state index >= 15 is 0 Å². The summed E-state index contributed by atoms with van der Waals surface area (Å²) >= 11 is 0. The fraction of sp³-hybridized carbons (Fsp3) is 0.643. The van der Waals surface area contributed by atoms with E-state index in [-0.39, 0.29) is 17.6 Å². The molecule has 0 unspecified atom stereocenters. The highest BCUT2D eigenvalue weighted by molar-refractivity contribution is 5.91. The maximum atomic E-state index is 11.3. The van der Waals surface area contributed by atoms with Crippen molar-refractivity contribution < 1.29 is 28.6 Å². The molecule has 0 saturated carbocycles. The Morgan fingerprint density at radius 1 is 1.00 bits per heavy atom. The first-order valence-corrected chi connectivity index (χ1v) is 6.25. The van der Waals surface area contributed by atoms with Gasteiger partial charge in [0.1, 0.15) is 6.42 Å². The monoisotopic (exact) mass is 286 g/mol. The van der Waals surface area contributed by atoms with E-state index in [2.05, 4.69) is 16.1 Å². The first kappa shape index (κ1) is 18.1. The van der Waals surface area contributed by atoms with E-state index in [1.165, 1.54) is 6.92 Å². The van der Waals surface area contributed by atoms with Crippen molar-refractivity contribution in [2.45, 2.75) is 40.5 Å². The summed E-state index contributed by atoms with van der Waals surface area (Å²) in [6.07, 6.45) is 0.193. The molecule has 0 rings (SSSR count). The Labute approximate surface area is 119 Å². The van der Waals surface area contributed by atoms with E-state index in [1.807, 2.05) is 20.8 Å². The highest BCUT2D eigenvalue weighted by Gasteiger charge is 2.15. The van der Waals surface area contributed by atoms with Gasteiger partial charge in [0.2, 0.25) is 6.79 Å². The lowest BCUT2D eigenvalue weighted by Crippen LogP contribution is -2.18. The predicted octanol–water partition coefficient (Wildman–Crippen LogP) is 1.98. The third kappa shape index (κ3) is 10.1. The summed E-state index contributed by atoms with van der Waals surface area (Å²) in [4.78, 5) is 33.5. The largest absolute Gasteiger partial charge is 0.465 e. The summed E-state index contributed by atoms with van der Waals surface area (Å²) in [5, 5.41) is 0. The predicted molar refractivity (Wildman–Crippen MR) is 71.5 cm³/mol. The van der Waals surface area contributed by atoms with Gasteiger partial charge in [-0.25, -0.2) is 4.79 Å². The van der Waals surface area contributed by atoms with Gasteiger partial charge in [0.15, 0.2) is 0 Å². The molecule has 0 aromatic heterocycles. The fourth-order valence-electron chi connectivity index (χ4n) is 0.963. The molecule has 0 saturated heterocycles. The molecule has 6 heteroatoms. The third-order valence-corrected chi connectivity index (χ3v) is 2.16. The molecule has 0 atom stereocenters. The summed E-state index contributed by atoms with van der Waals surface area (Å²) in [6.45, 7) is 10.6. The second-order valence-electron chi connectivity index (χ2n) is 5.55. The van der Waals surface area contributed by atoms with Crippen molar-refractivity contribution in [2.75, 3.05) is 13.4 Å². The van der Waals surface area contributed by atoms with Crippen molar-refractivity contribution in [3.8, 4) is 0 Å². The minimum Gasteiger partial charge on any atom is -0.465 e. The molecule has 0 aliphatic carbocycles. The van der Waals surface area contributed by atoms with Gasteiger partial charge in [0.05, 0.1) is 6.61 Å². The summed E-state index contributed by atoms with van der Waals surface area (Å²) in [7, 11) is 0. The molecule has 6 nitrogen and oxygen atoms in total. The van der Waals surface area contributed by atoms with Crippen LogP contribution in [-0.2, 0) is 28.6 Å². The van der Waals surface area contributed by atoms with Crippen LogP contribution in [0.3, 0.4) is 0 Å². The molecule has 0 N–H and O–H groups in total. The second kappa shape index (κ2) is 8.35. The second-order valence-corrected chi connectivity index (χ2v) is 5.55. The Kier molecular flexibility index (Phi) is 7.57. The fourth-order valence-corrected chi connectivity index (χ4v) is 0.963. The van der Waals surface area contributed by atoms with Gasteiger partial charge in [-0.3, -0.25) is 9.59 Å². The quantitative estimate of drug-likeness (QED) is 0.308. The van der Waals surface area contributed by atoms with Gasteiger partial charge < -0.3 is 14.2 Å².